The summed E-state index contributed by atoms with van der Waals surface area (Å²) in [5.41, 5.74) is 14.8. The number of benzene rings is 3. The summed E-state index contributed by atoms with van der Waals surface area (Å²) in [5.74, 6) is 1.07. The van der Waals surface area contributed by atoms with E-state index in [-0.39, 0.29) is 5.41 Å². The van der Waals surface area contributed by atoms with Gasteiger partial charge in [-0.2, -0.15) is 0 Å². The fraction of sp³-hybridized carbons (Fsp3) is 0.341. The summed E-state index contributed by atoms with van der Waals surface area (Å²) < 4.78 is 0. The Morgan fingerprint density at radius 1 is 0.532 bits per heavy atom. The molecule has 2 fully saturated rings. The molecule has 0 bridgehead atoms. The molecule has 0 saturated heterocycles. The van der Waals surface area contributed by atoms with Gasteiger partial charge >= 0.3 is 0 Å². The zero-order valence-electron chi connectivity index (χ0n) is 27.7. The molecule has 3 aliphatic carbocycles. The monoisotopic (exact) mass is 613 g/mol. The Balaban J connectivity index is 1.19. The minimum atomic E-state index is -0.0340. The molecule has 234 valence electrons. The number of nitrogens with zero attached hydrogens (tertiary/aromatic N) is 3. The molecule has 9 rings (SSSR count). The molecule has 0 unspecified atom stereocenters. The predicted molar refractivity (Wildman–Crippen MR) is 195 cm³/mol. The van der Waals surface area contributed by atoms with Crippen LogP contribution >= 0.6 is 0 Å². The summed E-state index contributed by atoms with van der Waals surface area (Å²) in [6, 6.07) is 29.7. The molecule has 6 aromatic rings. The molecular formula is C44H43N3. The Labute approximate surface area is 278 Å². The summed E-state index contributed by atoms with van der Waals surface area (Å²) in [4.78, 5) is 15.7. The van der Waals surface area contributed by atoms with Crippen molar-refractivity contribution < 1.29 is 0 Å². The zero-order valence-corrected chi connectivity index (χ0v) is 27.7. The van der Waals surface area contributed by atoms with Gasteiger partial charge in [0.15, 0.2) is 0 Å². The van der Waals surface area contributed by atoms with Crippen LogP contribution in [0.15, 0.2) is 91.3 Å². The Bertz CT molecular complexity index is 2150. The highest BCUT2D eigenvalue weighted by atomic mass is 14.8. The molecule has 0 atom stereocenters. The lowest BCUT2D eigenvalue weighted by Crippen LogP contribution is -2.14. The first kappa shape index (κ1) is 28.8. The van der Waals surface area contributed by atoms with Crippen molar-refractivity contribution >= 4 is 21.8 Å². The fourth-order valence-electron chi connectivity index (χ4n) is 9.01. The van der Waals surface area contributed by atoms with Crippen LogP contribution in [0.25, 0.3) is 55.2 Å². The number of pyridine rings is 3. The van der Waals surface area contributed by atoms with E-state index in [0.29, 0.717) is 11.8 Å². The lowest BCUT2D eigenvalue weighted by atomic mass is 9.81. The molecule has 3 heteroatoms. The van der Waals surface area contributed by atoms with E-state index < -0.39 is 0 Å². The molecule has 3 aromatic heterocycles. The van der Waals surface area contributed by atoms with E-state index in [2.05, 4.69) is 92.7 Å². The van der Waals surface area contributed by atoms with Gasteiger partial charge in [0, 0.05) is 62.9 Å². The molecule has 3 nitrogen and oxygen atoms in total. The number of fused-ring (bicyclic) bond motifs is 6. The molecule has 0 aliphatic heterocycles. The molecule has 3 aliphatic rings. The van der Waals surface area contributed by atoms with Gasteiger partial charge in [-0.15, -0.1) is 0 Å². The Kier molecular flexibility index (Phi) is 6.99. The largest absolute Gasteiger partial charge is 0.263 e. The summed E-state index contributed by atoms with van der Waals surface area (Å²) >= 11 is 0. The minimum Gasteiger partial charge on any atom is -0.263 e. The number of rotatable bonds is 4. The first-order valence-electron chi connectivity index (χ1n) is 18.0. The van der Waals surface area contributed by atoms with Crippen molar-refractivity contribution in [2.75, 3.05) is 0 Å². The molecule has 2 saturated carbocycles. The van der Waals surface area contributed by atoms with Crippen molar-refractivity contribution in [3.8, 4) is 33.4 Å². The second-order valence-electron chi connectivity index (χ2n) is 14.9. The highest BCUT2D eigenvalue weighted by Crippen LogP contribution is 2.49. The van der Waals surface area contributed by atoms with E-state index in [4.69, 9.17) is 15.0 Å². The normalized spacial score (nSPS) is 18.0. The Morgan fingerprint density at radius 3 is 2.02 bits per heavy atom. The van der Waals surface area contributed by atoms with Gasteiger partial charge in [0.25, 0.3) is 0 Å². The van der Waals surface area contributed by atoms with Crippen molar-refractivity contribution in [3.05, 3.63) is 114 Å². The average molecular weight is 614 g/mol. The van der Waals surface area contributed by atoms with E-state index in [9.17, 15) is 0 Å². The standard InChI is InChI=1S/C44H43N3/c1-44(2)38-16-10-9-15-34(38)35-20-18-31(24-39(35)44)32-23-33(27-45-26-32)37-25-41(29-13-7-4-8-14-29)47-43-36(37)21-17-30-19-22-40(46-42(30)43)28-11-5-3-6-12-28/h9-10,15-29H,3-8,11-14H2,1-2H3. The van der Waals surface area contributed by atoms with E-state index >= 15 is 0 Å². The second kappa shape index (κ2) is 11.4. The minimum absolute atomic E-state index is 0.0340. The summed E-state index contributed by atoms with van der Waals surface area (Å²) in [5, 5.41) is 2.36. The number of hydrogen-bond donors (Lipinski definition) is 0. The summed E-state index contributed by atoms with van der Waals surface area (Å²) in [7, 11) is 0. The first-order chi connectivity index (χ1) is 23.0. The van der Waals surface area contributed by atoms with Gasteiger partial charge < -0.3 is 0 Å². The molecule has 3 aromatic carbocycles. The highest BCUT2D eigenvalue weighted by molar-refractivity contribution is 6.08. The smallest absolute Gasteiger partial charge is 0.0974 e. The van der Waals surface area contributed by atoms with Crippen LogP contribution < -0.4 is 0 Å². The predicted octanol–water partition coefficient (Wildman–Crippen LogP) is 11.9. The molecular weight excluding hydrogens is 571 g/mol. The van der Waals surface area contributed by atoms with Gasteiger partial charge in [-0.25, -0.2) is 0 Å². The van der Waals surface area contributed by atoms with Crippen molar-refractivity contribution in [1.29, 1.82) is 0 Å². The maximum atomic E-state index is 5.47. The third kappa shape index (κ3) is 4.89. The van der Waals surface area contributed by atoms with Crippen LogP contribution in [-0.2, 0) is 5.41 Å². The topological polar surface area (TPSA) is 38.7 Å². The third-order valence-corrected chi connectivity index (χ3v) is 11.7. The quantitative estimate of drug-likeness (QED) is 0.186. The Hall–Kier alpha value is -4.37. The summed E-state index contributed by atoms with van der Waals surface area (Å²) in [6.45, 7) is 4.70. The lowest BCUT2D eigenvalue weighted by Gasteiger charge is -2.23. The van der Waals surface area contributed by atoms with Crippen LogP contribution in [0, 0.1) is 0 Å². The van der Waals surface area contributed by atoms with E-state index in [1.165, 1.54) is 120 Å². The van der Waals surface area contributed by atoms with Gasteiger partial charge in [-0.05, 0) is 83.3 Å². The van der Waals surface area contributed by atoms with Gasteiger partial charge in [-0.1, -0.05) is 107 Å². The first-order valence-corrected chi connectivity index (χ1v) is 18.0. The molecule has 0 radical (unpaired) electrons. The van der Waals surface area contributed by atoms with Gasteiger partial charge in [0.05, 0.1) is 11.0 Å². The van der Waals surface area contributed by atoms with E-state index in [1.807, 2.05) is 12.4 Å². The molecule has 47 heavy (non-hydrogen) atoms. The van der Waals surface area contributed by atoms with Crippen molar-refractivity contribution in [2.24, 2.45) is 0 Å². The van der Waals surface area contributed by atoms with Gasteiger partial charge in [-0.3, -0.25) is 15.0 Å². The van der Waals surface area contributed by atoms with Crippen LogP contribution in [0.2, 0.25) is 0 Å². The average Bonchev–Trinajstić information content (AvgIpc) is 3.37. The lowest BCUT2D eigenvalue weighted by molar-refractivity contribution is 0.437. The maximum absolute atomic E-state index is 5.47. The van der Waals surface area contributed by atoms with Gasteiger partial charge in [0.2, 0.25) is 0 Å². The second-order valence-corrected chi connectivity index (χ2v) is 14.9. The molecule has 0 spiro atoms. The highest BCUT2D eigenvalue weighted by Gasteiger charge is 2.35. The summed E-state index contributed by atoms with van der Waals surface area (Å²) in [6.07, 6.45) is 16.9. The van der Waals surface area contributed by atoms with Gasteiger partial charge in [0.1, 0.15) is 0 Å². The van der Waals surface area contributed by atoms with Crippen molar-refractivity contribution in [1.82, 2.24) is 15.0 Å². The SMILES string of the molecule is CC1(C)c2ccccc2-c2ccc(-c3cncc(-c4cc(C5CCCCC5)nc5c4ccc4ccc(C6CCCCC6)nc45)c3)cc21. The number of aromatic nitrogens is 3. The van der Waals surface area contributed by atoms with E-state index in [1.54, 1.807) is 0 Å². The molecule has 0 amide bonds. The van der Waals surface area contributed by atoms with Crippen LogP contribution in [0.1, 0.15) is 112 Å². The van der Waals surface area contributed by atoms with Crippen LogP contribution in [-0.4, -0.2) is 15.0 Å². The van der Waals surface area contributed by atoms with Crippen LogP contribution in [0.4, 0.5) is 0 Å². The fourth-order valence-corrected chi connectivity index (χ4v) is 9.01. The molecule has 3 heterocycles. The van der Waals surface area contributed by atoms with Crippen LogP contribution in [0.5, 0.6) is 0 Å². The maximum Gasteiger partial charge on any atom is 0.0974 e. The number of hydrogen-bond acceptors (Lipinski definition) is 3. The molecule has 0 N–H and O–H groups in total. The van der Waals surface area contributed by atoms with Crippen molar-refractivity contribution in [2.45, 2.75) is 95.3 Å². The Morgan fingerprint density at radius 2 is 1.21 bits per heavy atom. The zero-order chi connectivity index (χ0) is 31.5. The van der Waals surface area contributed by atoms with E-state index in [0.717, 1.165) is 22.2 Å². The third-order valence-electron chi connectivity index (χ3n) is 11.7. The van der Waals surface area contributed by atoms with Crippen LogP contribution in [0.3, 0.4) is 0 Å². The van der Waals surface area contributed by atoms with Crippen molar-refractivity contribution in [3.63, 3.8) is 0 Å².